The third-order valence-corrected chi connectivity index (χ3v) is 4.27. The smallest absolute Gasteiger partial charge is 0.0895 e. The summed E-state index contributed by atoms with van der Waals surface area (Å²) in [5.74, 6) is 0. The number of hydrogen-bond donors (Lipinski definition) is 0. The van der Waals surface area contributed by atoms with Crippen LogP contribution in [0, 0.1) is 0 Å². The summed E-state index contributed by atoms with van der Waals surface area (Å²) in [7, 11) is 0. The van der Waals surface area contributed by atoms with E-state index in [-0.39, 0.29) is 17.8 Å². The highest BCUT2D eigenvalue weighted by Crippen LogP contribution is 2.35. The van der Waals surface area contributed by atoms with Crippen LogP contribution < -0.4 is 0 Å². The first kappa shape index (κ1) is 18.0. The lowest BCUT2D eigenvalue weighted by Gasteiger charge is -2.15. The third-order valence-electron chi connectivity index (χ3n) is 3.73. The van der Waals surface area contributed by atoms with Gasteiger partial charge >= 0.3 is 0 Å². The Hall–Kier alpha value is -1.35. The second kappa shape index (κ2) is 7.48. The molecule has 120 valence electrons. The number of rotatable bonds is 3. The number of para-hydroxylation sites is 1. The number of hydrogen-bond acceptors (Lipinski definition) is 2. The highest BCUT2D eigenvalue weighted by Gasteiger charge is 2.17. The van der Waals surface area contributed by atoms with Crippen LogP contribution in [0.4, 0.5) is 0 Å². The minimum Gasteiger partial charge on any atom is -0.261 e. The lowest BCUT2D eigenvalue weighted by atomic mass is 9.99. The Kier molecular flexibility index (Phi) is 5.85. The standard InChI is InChI=1S/C18H16Cl2N2.ClH/c1-3-16-13(7-5-9-21-16)18-14(11(2)19)10-12-6-4-8-15(20)17(12)22-18;/h4-11H,3H2,1-2H3;1H. The molecule has 23 heavy (non-hydrogen) atoms. The maximum atomic E-state index is 6.40. The number of pyridine rings is 2. The number of aromatic nitrogens is 2. The van der Waals surface area contributed by atoms with Crippen LogP contribution in [0.5, 0.6) is 0 Å². The zero-order valence-corrected chi connectivity index (χ0v) is 15.2. The number of nitrogens with zero attached hydrogens (tertiary/aromatic N) is 2. The monoisotopic (exact) mass is 366 g/mol. The van der Waals surface area contributed by atoms with Crippen LogP contribution in [-0.4, -0.2) is 9.97 Å². The Bertz CT molecular complexity index is 832. The predicted octanol–water partition coefficient (Wildman–Crippen LogP) is 6.23. The van der Waals surface area contributed by atoms with Gasteiger partial charge in [-0.1, -0.05) is 30.7 Å². The van der Waals surface area contributed by atoms with Gasteiger partial charge in [-0.05, 0) is 43.2 Å². The number of fused-ring (bicyclic) bond motifs is 1. The first-order chi connectivity index (χ1) is 10.6. The lowest BCUT2D eigenvalue weighted by molar-refractivity contribution is 1.02. The van der Waals surface area contributed by atoms with Gasteiger partial charge in [0.1, 0.15) is 0 Å². The molecule has 1 unspecified atom stereocenters. The molecule has 2 aromatic heterocycles. The normalized spacial score (nSPS) is 12.0. The Labute approximate surface area is 152 Å². The SMILES string of the molecule is CCc1ncccc1-c1nc2c(Cl)cccc2cc1C(C)Cl.Cl. The molecule has 5 heteroatoms. The number of aryl methyl sites for hydroxylation is 1. The number of halogens is 3. The molecule has 0 fully saturated rings. The van der Waals surface area contributed by atoms with Crippen molar-refractivity contribution in [3.63, 3.8) is 0 Å². The zero-order valence-electron chi connectivity index (χ0n) is 12.9. The highest BCUT2D eigenvalue weighted by molar-refractivity contribution is 6.35. The van der Waals surface area contributed by atoms with Crippen LogP contribution >= 0.6 is 35.6 Å². The maximum Gasteiger partial charge on any atom is 0.0895 e. The topological polar surface area (TPSA) is 25.8 Å². The van der Waals surface area contributed by atoms with Crippen molar-refractivity contribution < 1.29 is 0 Å². The van der Waals surface area contributed by atoms with E-state index in [0.29, 0.717) is 5.02 Å². The first-order valence-electron chi connectivity index (χ1n) is 7.29. The van der Waals surface area contributed by atoms with Crippen molar-refractivity contribution in [2.75, 3.05) is 0 Å². The quantitative estimate of drug-likeness (QED) is 0.512. The lowest BCUT2D eigenvalue weighted by Crippen LogP contribution is -2.00. The van der Waals surface area contributed by atoms with Gasteiger partial charge in [0.2, 0.25) is 0 Å². The van der Waals surface area contributed by atoms with Gasteiger partial charge in [-0.15, -0.1) is 24.0 Å². The van der Waals surface area contributed by atoms with E-state index in [1.165, 1.54) is 0 Å². The van der Waals surface area contributed by atoms with E-state index in [1.54, 1.807) is 6.20 Å². The van der Waals surface area contributed by atoms with Crippen molar-refractivity contribution in [3.05, 3.63) is 58.9 Å². The molecule has 0 aliphatic rings. The average Bonchev–Trinajstić information content (AvgIpc) is 2.54. The van der Waals surface area contributed by atoms with E-state index in [1.807, 2.05) is 37.3 Å². The van der Waals surface area contributed by atoms with Gasteiger partial charge in [0, 0.05) is 22.8 Å². The molecule has 0 amide bonds. The van der Waals surface area contributed by atoms with Crippen LogP contribution in [0.15, 0.2) is 42.6 Å². The minimum absolute atomic E-state index is 0. The molecule has 0 N–H and O–H groups in total. The summed E-state index contributed by atoms with van der Waals surface area (Å²) in [5, 5.41) is 1.51. The zero-order chi connectivity index (χ0) is 15.7. The molecular formula is C18H17Cl3N2. The molecule has 0 aliphatic carbocycles. The van der Waals surface area contributed by atoms with E-state index in [9.17, 15) is 0 Å². The molecule has 0 spiro atoms. The van der Waals surface area contributed by atoms with Gasteiger partial charge in [0.05, 0.1) is 21.6 Å². The second-order valence-electron chi connectivity index (χ2n) is 5.20. The van der Waals surface area contributed by atoms with Gasteiger partial charge in [0.25, 0.3) is 0 Å². The Balaban J connectivity index is 0.00000192. The largest absolute Gasteiger partial charge is 0.261 e. The van der Waals surface area contributed by atoms with Crippen LogP contribution in [0.25, 0.3) is 22.2 Å². The average molecular weight is 368 g/mol. The summed E-state index contributed by atoms with van der Waals surface area (Å²) >= 11 is 12.7. The molecule has 0 aliphatic heterocycles. The third kappa shape index (κ3) is 3.45. The highest BCUT2D eigenvalue weighted by atomic mass is 35.5. The summed E-state index contributed by atoms with van der Waals surface area (Å²) in [6, 6.07) is 11.8. The summed E-state index contributed by atoms with van der Waals surface area (Å²) in [6.07, 6.45) is 2.65. The second-order valence-corrected chi connectivity index (χ2v) is 6.27. The minimum atomic E-state index is -0.143. The predicted molar refractivity (Wildman–Crippen MR) is 101 cm³/mol. The molecule has 1 aromatic carbocycles. The maximum absolute atomic E-state index is 6.40. The van der Waals surface area contributed by atoms with E-state index < -0.39 is 0 Å². The summed E-state index contributed by atoms with van der Waals surface area (Å²) in [4.78, 5) is 9.28. The van der Waals surface area contributed by atoms with Gasteiger partial charge < -0.3 is 0 Å². The van der Waals surface area contributed by atoms with Crippen LogP contribution in [-0.2, 0) is 6.42 Å². The molecule has 0 saturated heterocycles. The van der Waals surface area contributed by atoms with Crippen molar-refractivity contribution >= 4 is 46.5 Å². The molecule has 3 aromatic rings. The van der Waals surface area contributed by atoms with E-state index in [2.05, 4.69) is 18.0 Å². The molecular weight excluding hydrogens is 351 g/mol. The summed E-state index contributed by atoms with van der Waals surface area (Å²) < 4.78 is 0. The summed E-state index contributed by atoms with van der Waals surface area (Å²) in [6.45, 7) is 4.05. The van der Waals surface area contributed by atoms with Crippen molar-refractivity contribution in [1.29, 1.82) is 0 Å². The van der Waals surface area contributed by atoms with Crippen molar-refractivity contribution in [3.8, 4) is 11.3 Å². The number of benzene rings is 1. The number of alkyl halides is 1. The first-order valence-corrected chi connectivity index (χ1v) is 8.10. The van der Waals surface area contributed by atoms with Crippen molar-refractivity contribution in [2.24, 2.45) is 0 Å². The van der Waals surface area contributed by atoms with Crippen LogP contribution in [0.3, 0.4) is 0 Å². The van der Waals surface area contributed by atoms with E-state index >= 15 is 0 Å². The van der Waals surface area contributed by atoms with Crippen molar-refractivity contribution in [2.45, 2.75) is 25.6 Å². The van der Waals surface area contributed by atoms with Gasteiger partial charge in [0.15, 0.2) is 0 Å². The molecule has 0 radical (unpaired) electrons. The van der Waals surface area contributed by atoms with Crippen LogP contribution in [0.1, 0.15) is 30.5 Å². The Morgan fingerprint density at radius 1 is 1.17 bits per heavy atom. The fourth-order valence-corrected chi connectivity index (χ4v) is 3.02. The van der Waals surface area contributed by atoms with Gasteiger partial charge in [-0.3, -0.25) is 4.98 Å². The molecule has 0 saturated carbocycles. The Morgan fingerprint density at radius 2 is 1.96 bits per heavy atom. The van der Waals surface area contributed by atoms with Crippen molar-refractivity contribution in [1.82, 2.24) is 9.97 Å². The van der Waals surface area contributed by atoms with E-state index in [4.69, 9.17) is 28.2 Å². The summed E-state index contributed by atoms with van der Waals surface area (Å²) in [5.41, 5.74) is 4.70. The Morgan fingerprint density at radius 3 is 2.65 bits per heavy atom. The van der Waals surface area contributed by atoms with Crippen LogP contribution in [0.2, 0.25) is 5.02 Å². The van der Waals surface area contributed by atoms with Gasteiger partial charge in [-0.25, -0.2) is 4.98 Å². The molecule has 0 bridgehead atoms. The fourth-order valence-electron chi connectivity index (χ4n) is 2.63. The fraction of sp³-hybridized carbons (Fsp3) is 0.222. The van der Waals surface area contributed by atoms with E-state index in [0.717, 1.165) is 39.8 Å². The van der Waals surface area contributed by atoms with Gasteiger partial charge in [-0.2, -0.15) is 0 Å². The molecule has 2 heterocycles. The molecule has 3 rings (SSSR count). The molecule has 2 nitrogen and oxygen atoms in total. The molecule has 1 atom stereocenters.